The third-order valence-corrected chi connectivity index (χ3v) is 1.44. The van der Waals surface area contributed by atoms with Crippen molar-refractivity contribution in [1.82, 2.24) is 0 Å². The van der Waals surface area contributed by atoms with E-state index in [4.69, 9.17) is 0 Å². The molecule has 0 rings (SSSR count). The van der Waals surface area contributed by atoms with Crippen LogP contribution in [-0.4, -0.2) is 26.5 Å². The number of allylic oxidation sites excluding steroid dienone is 5. The summed E-state index contributed by atoms with van der Waals surface area (Å²) >= 11 is 0. The van der Waals surface area contributed by atoms with Crippen molar-refractivity contribution in [3.63, 3.8) is 0 Å². The Balaban J connectivity index is 5.10. The van der Waals surface area contributed by atoms with Crippen LogP contribution in [0.2, 0.25) is 0 Å². The highest BCUT2D eigenvalue weighted by molar-refractivity contribution is 6.05. The Hall–Kier alpha value is -1.44. The first-order valence-electron chi connectivity index (χ1n) is 4.13. The molecule has 0 saturated heterocycles. The smallest absolute Gasteiger partial charge is 0.0302 e. The van der Waals surface area contributed by atoms with E-state index in [0.29, 0.717) is 0 Å². The van der Waals surface area contributed by atoms with Gasteiger partial charge in [0, 0.05) is 32.1 Å². The van der Waals surface area contributed by atoms with Crippen LogP contribution >= 0.6 is 0 Å². The zero-order valence-electron chi connectivity index (χ0n) is 8.49. The third kappa shape index (κ3) is 4.21. The second-order valence-electron chi connectivity index (χ2n) is 2.39. The maximum Gasteiger partial charge on any atom is 0.0302 e. The van der Waals surface area contributed by atoms with Crippen molar-refractivity contribution in [1.29, 1.82) is 0 Å². The second-order valence-corrected chi connectivity index (χ2v) is 2.39. The molecule has 13 heavy (non-hydrogen) atoms. The van der Waals surface area contributed by atoms with E-state index in [1.54, 1.807) is 32.6 Å². The predicted octanol–water partition coefficient (Wildman–Crippen LogP) is 2.45. The topological polar surface area (TPSA) is 24.7 Å². The lowest BCUT2D eigenvalue weighted by Gasteiger charge is -1.97. The highest BCUT2D eigenvalue weighted by Crippen LogP contribution is 2.04. The number of aliphatic imine (C=N–C) groups is 2. The lowest BCUT2D eigenvalue weighted by atomic mass is 10.1. The van der Waals surface area contributed by atoms with E-state index in [-0.39, 0.29) is 0 Å². The molecule has 0 heterocycles. The van der Waals surface area contributed by atoms with Gasteiger partial charge in [-0.15, -0.1) is 0 Å². The van der Waals surface area contributed by atoms with Crippen LogP contribution in [0.4, 0.5) is 0 Å². The van der Waals surface area contributed by atoms with Gasteiger partial charge in [-0.2, -0.15) is 0 Å². The minimum absolute atomic E-state index is 0.970. The minimum Gasteiger partial charge on any atom is -0.296 e. The molecule has 0 aromatic rings. The molecule has 0 N–H and O–H groups in total. The molecule has 2 nitrogen and oxygen atoms in total. The average molecular weight is 176 g/mol. The first-order valence-corrected chi connectivity index (χ1v) is 4.13. The fourth-order valence-corrected chi connectivity index (χ4v) is 0.922. The van der Waals surface area contributed by atoms with Crippen molar-refractivity contribution < 1.29 is 0 Å². The molecule has 0 aliphatic carbocycles. The fraction of sp³-hybridized carbons (Fsp3) is 0.273. The van der Waals surface area contributed by atoms with Gasteiger partial charge in [-0.3, -0.25) is 9.98 Å². The molecule has 0 unspecified atom stereocenters. The molecule has 0 aromatic heterocycles. The van der Waals surface area contributed by atoms with E-state index in [1.807, 2.05) is 19.1 Å². The summed E-state index contributed by atoms with van der Waals surface area (Å²) in [5.74, 6) is 0. The summed E-state index contributed by atoms with van der Waals surface area (Å²) in [5.41, 5.74) is 2.00. The Morgan fingerprint density at radius 3 is 1.92 bits per heavy atom. The minimum atomic E-state index is 0.970. The van der Waals surface area contributed by atoms with Gasteiger partial charge in [-0.25, -0.2) is 0 Å². The lowest BCUT2D eigenvalue weighted by molar-refractivity contribution is 1.44. The van der Waals surface area contributed by atoms with Crippen LogP contribution in [-0.2, 0) is 0 Å². The van der Waals surface area contributed by atoms with Crippen LogP contribution in [0, 0.1) is 0 Å². The van der Waals surface area contributed by atoms with Gasteiger partial charge in [-0.05, 0) is 12.5 Å². The van der Waals surface area contributed by atoms with Gasteiger partial charge in [0.1, 0.15) is 0 Å². The summed E-state index contributed by atoms with van der Waals surface area (Å²) in [5, 5.41) is 0. The molecule has 0 radical (unpaired) electrons. The molecule has 0 aromatic carbocycles. The normalized spacial score (nSPS) is 11.6. The van der Waals surface area contributed by atoms with Gasteiger partial charge in [-0.1, -0.05) is 24.8 Å². The molecule has 2 heteroatoms. The summed E-state index contributed by atoms with van der Waals surface area (Å²) in [6, 6.07) is 0. The molecule has 0 spiro atoms. The molecule has 0 saturated carbocycles. The maximum atomic E-state index is 3.95. The Labute approximate surface area is 80.1 Å². The quantitative estimate of drug-likeness (QED) is 0.464. The van der Waals surface area contributed by atoms with Crippen LogP contribution in [0.1, 0.15) is 6.92 Å². The van der Waals surface area contributed by atoms with E-state index in [9.17, 15) is 0 Å². The molecular formula is C11H16N2. The largest absolute Gasteiger partial charge is 0.296 e. The van der Waals surface area contributed by atoms with Gasteiger partial charge in [0.25, 0.3) is 0 Å². The van der Waals surface area contributed by atoms with Crippen molar-refractivity contribution in [2.75, 3.05) is 14.1 Å². The van der Waals surface area contributed by atoms with E-state index < -0.39 is 0 Å². The number of hydrogen-bond acceptors (Lipinski definition) is 2. The monoisotopic (exact) mass is 176 g/mol. The Morgan fingerprint density at radius 2 is 1.62 bits per heavy atom. The fourth-order valence-electron chi connectivity index (χ4n) is 0.922. The molecule has 0 aliphatic heterocycles. The highest BCUT2D eigenvalue weighted by Gasteiger charge is 1.93. The van der Waals surface area contributed by atoms with Crippen molar-refractivity contribution in [3.8, 4) is 0 Å². The maximum absolute atomic E-state index is 3.95. The summed E-state index contributed by atoms with van der Waals surface area (Å²) in [6.07, 6.45) is 9.27. The molecule has 0 bridgehead atoms. The van der Waals surface area contributed by atoms with E-state index >= 15 is 0 Å². The average Bonchev–Trinajstić information content (AvgIpc) is 2.14. The van der Waals surface area contributed by atoms with Crippen molar-refractivity contribution in [2.45, 2.75) is 6.92 Å². The van der Waals surface area contributed by atoms with E-state index in [1.165, 1.54) is 0 Å². The van der Waals surface area contributed by atoms with Crippen molar-refractivity contribution in [3.05, 3.63) is 36.0 Å². The third-order valence-electron chi connectivity index (χ3n) is 1.44. The summed E-state index contributed by atoms with van der Waals surface area (Å²) < 4.78 is 0. The van der Waals surface area contributed by atoms with Crippen LogP contribution in [0.25, 0.3) is 0 Å². The molecular weight excluding hydrogens is 160 g/mol. The Kier molecular flexibility index (Phi) is 6.42. The molecule has 0 fully saturated rings. The van der Waals surface area contributed by atoms with E-state index in [2.05, 4.69) is 16.6 Å². The summed E-state index contributed by atoms with van der Waals surface area (Å²) in [4.78, 5) is 7.90. The highest BCUT2D eigenvalue weighted by atomic mass is 14.7. The van der Waals surface area contributed by atoms with Crippen LogP contribution in [0.3, 0.4) is 0 Å². The van der Waals surface area contributed by atoms with Crippen LogP contribution < -0.4 is 0 Å². The molecule has 0 amide bonds. The van der Waals surface area contributed by atoms with Gasteiger partial charge >= 0.3 is 0 Å². The first kappa shape index (κ1) is 11.6. The molecule has 0 aliphatic rings. The number of hydrogen-bond donors (Lipinski definition) is 0. The van der Waals surface area contributed by atoms with Crippen LogP contribution in [0.5, 0.6) is 0 Å². The predicted molar refractivity (Wildman–Crippen MR) is 60.9 cm³/mol. The van der Waals surface area contributed by atoms with Crippen LogP contribution in [0.15, 0.2) is 45.9 Å². The summed E-state index contributed by atoms with van der Waals surface area (Å²) in [6.45, 7) is 5.70. The van der Waals surface area contributed by atoms with Crippen molar-refractivity contribution in [2.24, 2.45) is 9.98 Å². The second kappa shape index (κ2) is 7.22. The van der Waals surface area contributed by atoms with Crippen molar-refractivity contribution >= 4 is 12.4 Å². The zero-order valence-corrected chi connectivity index (χ0v) is 8.49. The molecule has 0 atom stereocenters. The standard InChI is InChI=1S/C11H16N2/c1-5-7-10(6-2)11(8-12-3)9-13-4/h5-9H,2H2,1,3-4H3/b7-5-,12-8-,13-9-. The number of rotatable bonds is 4. The van der Waals surface area contributed by atoms with Gasteiger partial charge in [0.05, 0.1) is 0 Å². The Bertz CT molecular complexity index is 254. The van der Waals surface area contributed by atoms with Gasteiger partial charge < -0.3 is 0 Å². The first-order chi connectivity index (χ1) is 6.29. The Morgan fingerprint density at radius 1 is 1.08 bits per heavy atom. The number of nitrogens with zero attached hydrogens (tertiary/aromatic N) is 2. The SMILES string of the molecule is C=CC(/C=C\C)=C(/C=N\C)/C=N\C. The van der Waals surface area contributed by atoms with E-state index in [0.717, 1.165) is 11.1 Å². The van der Waals surface area contributed by atoms with Gasteiger partial charge in [0.2, 0.25) is 0 Å². The van der Waals surface area contributed by atoms with Gasteiger partial charge in [0.15, 0.2) is 0 Å². The summed E-state index contributed by atoms with van der Waals surface area (Å²) in [7, 11) is 3.47. The molecule has 70 valence electrons. The zero-order chi connectivity index (χ0) is 10.1. The lowest BCUT2D eigenvalue weighted by Crippen LogP contribution is -1.91.